The molecule has 23 heavy (non-hydrogen) atoms. The Hall–Kier alpha value is -1.15. The molecule has 0 bridgehead atoms. The normalized spacial score (nSPS) is 19.3. The second-order valence-electron chi connectivity index (χ2n) is 6.05. The topological polar surface area (TPSA) is 70.1 Å². The molecule has 0 amide bonds. The van der Waals surface area contributed by atoms with E-state index < -0.39 is 16.1 Å². The third-order valence-electron chi connectivity index (χ3n) is 4.01. The molecule has 1 heterocycles. The Balaban J connectivity index is 1.79. The zero-order valence-corrected chi connectivity index (χ0v) is 14.6. The highest BCUT2D eigenvalue weighted by Crippen LogP contribution is 2.16. The fourth-order valence-corrected chi connectivity index (χ4v) is 3.59. The summed E-state index contributed by atoms with van der Waals surface area (Å²) >= 11 is 0. The Morgan fingerprint density at radius 2 is 1.96 bits per heavy atom. The van der Waals surface area contributed by atoms with Crippen molar-refractivity contribution in [2.75, 3.05) is 45.6 Å². The average molecular weight is 342 g/mol. The number of ether oxygens (including phenoxy) is 1. The van der Waals surface area contributed by atoms with Gasteiger partial charge < -0.3 is 9.84 Å². The molecule has 7 heteroatoms. The van der Waals surface area contributed by atoms with Crippen molar-refractivity contribution in [1.82, 2.24) is 9.21 Å². The second-order valence-corrected chi connectivity index (χ2v) is 8.03. The number of aryl methyl sites for hydroxylation is 1. The van der Waals surface area contributed by atoms with Gasteiger partial charge in [0.15, 0.2) is 0 Å². The lowest BCUT2D eigenvalue weighted by atomic mass is 10.2. The van der Waals surface area contributed by atoms with Crippen molar-refractivity contribution in [3.63, 3.8) is 0 Å². The van der Waals surface area contributed by atoms with Crippen molar-refractivity contribution >= 4 is 10.0 Å². The molecule has 0 aliphatic carbocycles. The zero-order valence-electron chi connectivity index (χ0n) is 13.8. The summed E-state index contributed by atoms with van der Waals surface area (Å²) in [5.41, 5.74) is 1.04. The summed E-state index contributed by atoms with van der Waals surface area (Å²) in [5.74, 6) is 0.783. The largest absolute Gasteiger partial charge is 0.491 e. The van der Waals surface area contributed by atoms with Gasteiger partial charge >= 0.3 is 0 Å². The molecule has 1 atom stereocenters. The van der Waals surface area contributed by atoms with Gasteiger partial charge in [0.2, 0.25) is 10.0 Å². The summed E-state index contributed by atoms with van der Waals surface area (Å²) in [7, 11) is -3.13. The number of β-amino-alcohol motifs (C(OH)–C–C–N with tert-alkyl or cyclic N) is 1. The van der Waals surface area contributed by atoms with Crippen LogP contribution < -0.4 is 4.74 Å². The van der Waals surface area contributed by atoms with Crippen molar-refractivity contribution in [3.05, 3.63) is 29.8 Å². The van der Waals surface area contributed by atoms with E-state index >= 15 is 0 Å². The van der Waals surface area contributed by atoms with Crippen molar-refractivity contribution in [2.45, 2.75) is 19.4 Å². The molecule has 6 nitrogen and oxygen atoms in total. The summed E-state index contributed by atoms with van der Waals surface area (Å²) in [6.45, 7) is 5.13. The predicted octanol–water partition coefficient (Wildman–Crippen LogP) is 0.702. The molecule has 2 rings (SSSR count). The van der Waals surface area contributed by atoms with Crippen LogP contribution in [0.4, 0.5) is 0 Å². The standard InChI is InChI=1S/C16H26N2O4S/c1-14-6-3-4-7-16(14)22-13-15(19)12-17-8-5-9-18(11-10-17)23(2,20)21/h3-4,6-7,15,19H,5,8-13H2,1-2H3. The lowest BCUT2D eigenvalue weighted by molar-refractivity contribution is 0.0697. The Labute approximate surface area is 138 Å². The van der Waals surface area contributed by atoms with Crippen molar-refractivity contribution in [2.24, 2.45) is 0 Å². The first-order chi connectivity index (χ1) is 10.9. The summed E-state index contributed by atoms with van der Waals surface area (Å²) in [4.78, 5) is 2.09. The summed E-state index contributed by atoms with van der Waals surface area (Å²) in [5, 5.41) is 10.2. The molecule has 0 radical (unpaired) electrons. The van der Waals surface area contributed by atoms with Gasteiger partial charge in [0, 0.05) is 26.2 Å². The lowest BCUT2D eigenvalue weighted by Gasteiger charge is -2.23. The molecule has 0 aromatic heterocycles. The van der Waals surface area contributed by atoms with Crippen molar-refractivity contribution in [1.29, 1.82) is 0 Å². The monoisotopic (exact) mass is 342 g/mol. The molecule has 1 aliphatic rings. The van der Waals surface area contributed by atoms with E-state index in [0.717, 1.165) is 24.3 Å². The van der Waals surface area contributed by atoms with Crippen molar-refractivity contribution < 1.29 is 18.3 Å². The van der Waals surface area contributed by atoms with Crippen LogP contribution >= 0.6 is 0 Å². The number of rotatable bonds is 6. The fourth-order valence-electron chi connectivity index (χ4n) is 2.72. The highest BCUT2D eigenvalue weighted by Gasteiger charge is 2.22. The number of aliphatic hydroxyl groups is 1. The Morgan fingerprint density at radius 1 is 1.22 bits per heavy atom. The minimum absolute atomic E-state index is 0.233. The predicted molar refractivity (Wildman–Crippen MR) is 90.2 cm³/mol. The van der Waals surface area contributed by atoms with Gasteiger partial charge in [-0.05, 0) is 31.5 Å². The number of hydrogen-bond donors (Lipinski definition) is 1. The van der Waals surface area contributed by atoms with Gasteiger partial charge in [-0.25, -0.2) is 12.7 Å². The van der Waals surface area contributed by atoms with Crippen LogP contribution in [-0.2, 0) is 10.0 Å². The first kappa shape index (κ1) is 18.2. The van der Waals surface area contributed by atoms with Gasteiger partial charge in [0.25, 0.3) is 0 Å². The van der Waals surface area contributed by atoms with E-state index in [2.05, 4.69) is 4.90 Å². The van der Waals surface area contributed by atoms with E-state index in [4.69, 9.17) is 4.74 Å². The lowest BCUT2D eigenvalue weighted by Crippen LogP contribution is -2.39. The molecule has 1 unspecified atom stereocenters. The van der Waals surface area contributed by atoms with Crippen LogP contribution in [0.1, 0.15) is 12.0 Å². The van der Waals surface area contributed by atoms with Gasteiger partial charge in [-0.1, -0.05) is 18.2 Å². The Kier molecular flexibility index (Phi) is 6.41. The van der Waals surface area contributed by atoms with E-state index in [-0.39, 0.29) is 6.61 Å². The van der Waals surface area contributed by atoms with Gasteiger partial charge in [-0.3, -0.25) is 4.90 Å². The SMILES string of the molecule is Cc1ccccc1OCC(O)CN1CCCN(S(C)(=O)=O)CC1. The maximum Gasteiger partial charge on any atom is 0.211 e. The Morgan fingerprint density at radius 3 is 2.65 bits per heavy atom. The van der Waals surface area contributed by atoms with Crippen molar-refractivity contribution in [3.8, 4) is 5.75 Å². The number of sulfonamides is 1. The van der Waals surface area contributed by atoms with Crippen LogP contribution in [0.15, 0.2) is 24.3 Å². The molecule has 1 aromatic rings. The van der Waals surface area contributed by atoms with E-state index in [9.17, 15) is 13.5 Å². The number of hydrogen-bond acceptors (Lipinski definition) is 5. The third kappa shape index (κ3) is 5.76. The van der Waals surface area contributed by atoms with E-state index in [1.165, 1.54) is 10.6 Å². The number of para-hydroxylation sites is 1. The fraction of sp³-hybridized carbons (Fsp3) is 0.625. The van der Waals surface area contributed by atoms with E-state index in [1.54, 1.807) is 0 Å². The molecule has 1 N–H and O–H groups in total. The summed E-state index contributed by atoms with van der Waals surface area (Å²) in [6, 6.07) is 7.71. The molecule has 1 saturated heterocycles. The minimum Gasteiger partial charge on any atom is -0.491 e. The van der Waals surface area contributed by atoms with Crippen LogP contribution in [0.3, 0.4) is 0 Å². The molecule has 130 valence electrons. The van der Waals surface area contributed by atoms with E-state index in [1.807, 2.05) is 31.2 Å². The average Bonchev–Trinajstić information content (AvgIpc) is 2.72. The first-order valence-corrected chi connectivity index (χ1v) is 9.75. The highest BCUT2D eigenvalue weighted by atomic mass is 32.2. The minimum atomic E-state index is -3.13. The van der Waals surface area contributed by atoms with Gasteiger partial charge in [0.1, 0.15) is 18.5 Å². The van der Waals surface area contributed by atoms with E-state index in [0.29, 0.717) is 26.2 Å². The molecule has 0 spiro atoms. The number of benzene rings is 1. The zero-order chi connectivity index (χ0) is 16.9. The second kappa shape index (κ2) is 8.10. The first-order valence-electron chi connectivity index (χ1n) is 7.90. The summed E-state index contributed by atoms with van der Waals surface area (Å²) < 4.78 is 30.4. The summed E-state index contributed by atoms with van der Waals surface area (Å²) in [6.07, 6.45) is 1.42. The molecular formula is C16H26N2O4S. The van der Waals surface area contributed by atoms with Crippen LogP contribution in [0, 0.1) is 6.92 Å². The molecular weight excluding hydrogens is 316 g/mol. The molecule has 1 aliphatic heterocycles. The molecule has 1 aromatic carbocycles. The maximum absolute atomic E-state index is 11.6. The number of aliphatic hydroxyl groups excluding tert-OH is 1. The third-order valence-corrected chi connectivity index (χ3v) is 5.31. The highest BCUT2D eigenvalue weighted by molar-refractivity contribution is 7.88. The molecule has 0 saturated carbocycles. The van der Waals surface area contributed by atoms with Crippen LogP contribution in [0.2, 0.25) is 0 Å². The number of nitrogens with zero attached hydrogens (tertiary/aromatic N) is 2. The maximum atomic E-state index is 11.6. The quantitative estimate of drug-likeness (QED) is 0.824. The Bertz CT molecular complexity index is 606. The van der Waals surface area contributed by atoms with Gasteiger partial charge in [0.05, 0.1) is 6.26 Å². The van der Waals surface area contributed by atoms with Crippen LogP contribution in [0.25, 0.3) is 0 Å². The van der Waals surface area contributed by atoms with Crippen LogP contribution in [-0.4, -0.2) is 74.4 Å². The smallest absolute Gasteiger partial charge is 0.211 e. The van der Waals surface area contributed by atoms with Gasteiger partial charge in [-0.2, -0.15) is 0 Å². The van der Waals surface area contributed by atoms with Crippen LogP contribution in [0.5, 0.6) is 5.75 Å². The molecule has 1 fully saturated rings. The van der Waals surface area contributed by atoms with Gasteiger partial charge in [-0.15, -0.1) is 0 Å².